The predicted molar refractivity (Wildman–Crippen MR) is 166 cm³/mol. The van der Waals surface area contributed by atoms with Crippen LogP contribution in [0.25, 0.3) is 82.4 Å². The highest BCUT2D eigenvalue weighted by molar-refractivity contribution is 6.23. The van der Waals surface area contributed by atoms with Crippen LogP contribution in [0.5, 0.6) is 0 Å². The first-order valence-corrected chi connectivity index (χ1v) is 13.5. The van der Waals surface area contributed by atoms with Crippen molar-refractivity contribution in [2.75, 3.05) is 0 Å². The molecule has 0 aliphatic heterocycles. The number of hydrogen-bond acceptors (Lipinski definition) is 0. The molecule has 0 unspecified atom stereocenters. The van der Waals surface area contributed by atoms with Gasteiger partial charge in [-0.25, -0.2) is 0 Å². The lowest BCUT2D eigenvalue weighted by molar-refractivity contribution is 1.18. The van der Waals surface area contributed by atoms with Crippen LogP contribution < -0.4 is 0 Å². The number of hydrogen-bond donors (Lipinski definition) is 0. The molecule has 39 heavy (non-hydrogen) atoms. The molecule has 1 aliphatic carbocycles. The molecule has 0 spiro atoms. The van der Waals surface area contributed by atoms with Gasteiger partial charge in [-0.15, -0.1) is 0 Å². The van der Waals surface area contributed by atoms with Crippen LogP contribution in [0.2, 0.25) is 0 Å². The van der Waals surface area contributed by atoms with Crippen LogP contribution in [0.4, 0.5) is 0 Å². The fourth-order valence-electron chi connectivity index (χ4n) is 6.87. The Morgan fingerprint density at radius 2 is 1.03 bits per heavy atom. The standard InChI is InChI=1S/C38H23N/c1-2-10-26(11-3-1)39-35-21-18-25(23-34(35)38-28-12-5-4-9-24(28)17-22-36(38)39)27-19-20-33-30-14-7-6-13-29(30)32-16-8-15-31(27)37(32)33/h1-23H. The summed E-state index contributed by atoms with van der Waals surface area (Å²) < 4.78 is 2.41. The van der Waals surface area contributed by atoms with E-state index in [0.29, 0.717) is 0 Å². The van der Waals surface area contributed by atoms with E-state index in [4.69, 9.17) is 0 Å². The van der Waals surface area contributed by atoms with Crippen LogP contribution >= 0.6 is 0 Å². The van der Waals surface area contributed by atoms with Crippen LogP contribution in [0.3, 0.4) is 0 Å². The Labute approximate surface area is 226 Å². The minimum Gasteiger partial charge on any atom is -0.309 e. The summed E-state index contributed by atoms with van der Waals surface area (Å²) in [7, 11) is 0. The summed E-state index contributed by atoms with van der Waals surface area (Å²) in [6.07, 6.45) is 0. The van der Waals surface area contributed by atoms with E-state index in [-0.39, 0.29) is 0 Å². The zero-order valence-corrected chi connectivity index (χ0v) is 21.2. The highest BCUT2D eigenvalue weighted by Gasteiger charge is 2.23. The van der Waals surface area contributed by atoms with E-state index in [1.807, 2.05) is 0 Å². The van der Waals surface area contributed by atoms with E-state index >= 15 is 0 Å². The average molecular weight is 494 g/mol. The van der Waals surface area contributed by atoms with Gasteiger partial charge in [-0.1, -0.05) is 109 Å². The van der Waals surface area contributed by atoms with Crippen molar-refractivity contribution in [1.29, 1.82) is 0 Å². The quantitative estimate of drug-likeness (QED) is 0.226. The van der Waals surface area contributed by atoms with Gasteiger partial charge in [0, 0.05) is 16.5 Å². The molecule has 7 aromatic carbocycles. The van der Waals surface area contributed by atoms with E-state index in [0.717, 1.165) is 0 Å². The molecule has 0 bridgehead atoms. The summed E-state index contributed by atoms with van der Waals surface area (Å²) in [4.78, 5) is 0. The third kappa shape index (κ3) is 2.79. The Kier molecular flexibility index (Phi) is 4.11. The lowest BCUT2D eigenvalue weighted by Crippen LogP contribution is -1.93. The van der Waals surface area contributed by atoms with Gasteiger partial charge in [-0.3, -0.25) is 0 Å². The largest absolute Gasteiger partial charge is 0.309 e. The van der Waals surface area contributed by atoms with E-state index in [9.17, 15) is 0 Å². The minimum absolute atomic E-state index is 1.18. The number of nitrogens with zero attached hydrogens (tertiary/aromatic N) is 1. The summed E-state index contributed by atoms with van der Waals surface area (Å²) in [6.45, 7) is 0. The molecule has 180 valence electrons. The molecule has 0 fully saturated rings. The third-order valence-corrected chi connectivity index (χ3v) is 8.53. The maximum absolute atomic E-state index is 2.41. The van der Waals surface area contributed by atoms with E-state index < -0.39 is 0 Å². The third-order valence-electron chi connectivity index (χ3n) is 8.53. The molecule has 0 N–H and O–H groups in total. The molecule has 1 aliphatic rings. The monoisotopic (exact) mass is 493 g/mol. The molecule has 1 heterocycles. The normalized spacial score (nSPS) is 12.1. The Hall–Kier alpha value is -5.14. The van der Waals surface area contributed by atoms with Gasteiger partial charge in [0.25, 0.3) is 0 Å². The fraction of sp³-hybridized carbons (Fsp3) is 0. The van der Waals surface area contributed by atoms with Crippen molar-refractivity contribution in [3.63, 3.8) is 0 Å². The van der Waals surface area contributed by atoms with Crippen molar-refractivity contribution in [1.82, 2.24) is 4.57 Å². The maximum Gasteiger partial charge on any atom is 0.0547 e. The molecular weight excluding hydrogens is 470 g/mol. The summed E-state index contributed by atoms with van der Waals surface area (Å²) >= 11 is 0. The van der Waals surface area contributed by atoms with Crippen molar-refractivity contribution in [2.24, 2.45) is 0 Å². The van der Waals surface area contributed by atoms with Gasteiger partial charge in [0.2, 0.25) is 0 Å². The second-order valence-electron chi connectivity index (χ2n) is 10.5. The SMILES string of the molecule is c1ccc(-n2c3ccc(-c4ccc5c6c(cccc46)-c4ccccc4-5)cc3c3c4ccccc4ccc32)cc1. The first-order chi connectivity index (χ1) is 19.4. The second-order valence-corrected chi connectivity index (χ2v) is 10.5. The van der Waals surface area contributed by atoms with Crippen LogP contribution in [-0.2, 0) is 0 Å². The lowest BCUT2D eigenvalue weighted by Gasteiger charge is -2.11. The smallest absolute Gasteiger partial charge is 0.0547 e. The van der Waals surface area contributed by atoms with Gasteiger partial charge < -0.3 is 4.57 Å². The molecule has 1 aromatic heterocycles. The van der Waals surface area contributed by atoms with Crippen molar-refractivity contribution in [2.45, 2.75) is 0 Å². The van der Waals surface area contributed by atoms with Crippen LogP contribution in [0.15, 0.2) is 140 Å². The van der Waals surface area contributed by atoms with E-state index in [1.54, 1.807) is 0 Å². The van der Waals surface area contributed by atoms with Crippen molar-refractivity contribution < 1.29 is 0 Å². The number of para-hydroxylation sites is 1. The van der Waals surface area contributed by atoms with Crippen LogP contribution in [-0.4, -0.2) is 4.57 Å². The van der Waals surface area contributed by atoms with Crippen LogP contribution in [0.1, 0.15) is 0 Å². The summed E-state index contributed by atoms with van der Waals surface area (Å²) in [5.41, 5.74) is 11.5. The molecule has 0 amide bonds. The zero-order valence-electron chi connectivity index (χ0n) is 21.2. The Morgan fingerprint density at radius 1 is 0.359 bits per heavy atom. The van der Waals surface area contributed by atoms with Gasteiger partial charge in [0.15, 0.2) is 0 Å². The molecule has 8 aromatic rings. The number of rotatable bonds is 2. The van der Waals surface area contributed by atoms with E-state index in [2.05, 4.69) is 144 Å². The number of fused-ring (bicyclic) bond motifs is 8. The lowest BCUT2D eigenvalue weighted by atomic mass is 9.93. The molecule has 0 saturated carbocycles. The fourth-order valence-corrected chi connectivity index (χ4v) is 6.87. The summed E-state index contributed by atoms with van der Waals surface area (Å²) in [5.74, 6) is 0. The molecular formula is C38H23N. The molecule has 1 nitrogen and oxygen atoms in total. The van der Waals surface area contributed by atoms with Gasteiger partial charge in [-0.05, 0) is 85.3 Å². The minimum atomic E-state index is 1.18. The van der Waals surface area contributed by atoms with Gasteiger partial charge in [0.05, 0.1) is 11.0 Å². The molecule has 0 atom stereocenters. The zero-order chi connectivity index (χ0) is 25.5. The van der Waals surface area contributed by atoms with Gasteiger partial charge in [0.1, 0.15) is 0 Å². The van der Waals surface area contributed by atoms with Crippen molar-refractivity contribution >= 4 is 43.4 Å². The predicted octanol–water partition coefficient (Wildman–Crippen LogP) is 10.4. The van der Waals surface area contributed by atoms with Gasteiger partial charge >= 0.3 is 0 Å². The average Bonchev–Trinajstić information content (AvgIpc) is 3.52. The first kappa shape index (κ1) is 20.9. The number of benzene rings is 7. The van der Waals surface area contributed by atoms with Crippen molar-refractivity contribution in [3.8, 4) is 39.1 Å². The molecule has 1 heteroatoms. The summed E-state index contributed by atoms with van der Waals surface area (Å²) in [5, 5.41) is 7.85. The van der Waals surface area contributed by atoms with Gasteiger partial charge in [-0.2, -0.15) is 0 Å². The maximum atomic E-state index is 2.41. The first-order valence-electron chi connectivity index (χ1n) is 13.5. The summed E-state index contributed by atoms with van der Waals surface area (Å²) in [6, 6.07) is 51.2. The highest BCUT2D eigenvalue weighted by Crippen LogP contribution is 2.49. The topological polar surface area (TPSA) is 4.93 Å². The van der Waals surface area contributed by atoms with Crippen LogP contribution in [0, 0.1) is 0 Å². The Bertz CT molecular complexity index is 2240. The highest BCUT2D eigenvalue weighted by atomic mass is 15.0. The van der Waals surface area contributed by atoms with E-state index in [1.165, 1.54) is 82.4 Å². The molecule has 9 rings (SSSR count). The van der Waals surface area contributed by atoms with Crippen molar-refractivity contribution in [3.05, 3.63) is 140 Å². The molecule has 0 saturated heterocycles. The Balaban J connectivity index is 1.37. The molecule has 0 radical (unpaired) electrons. The number of aromatic nitrogens is 1. The Morgan fingerprint density at radius 3 is 1.90 bits per heavy atom. The second kappa shape index (κ2) is 7.69.